The van der Waals surface area contributed by atoms with Gasteiger partial charge in [-0.05, 0) is 56.0 Å². The Balaban J connectivity index is 2.26. The number of carbonyl (C=O) groups is 1. The molecule has 3 aromatic rings. The Hall–Kier alpha value is -3.54. The van der Waals surface area contributed by atoms with E-state index < -0.39 is 0 Å². The van der Waals surface area contributed by atoms with E-state index in [1.807, 2.05) is 19.1 Å². The monoisotopic (exact) mass is 415 g/mol. The molecule has 3 rings (SSSR count). The van der Waals surface area contributed by atoms with Gasteiger partial charge >= 0.3 is 0 Å². The van der Waals surface area contributed by atoms with Crippen LogP contribution in [-0.2, 0) is 4.79 Å². The molecule has 0 aliphatic heterocycles. The summed E-state index contributed by atoms with van der Waals surface area (Å²) < 4.78 is 0. The predicted molar refractivity (Wildman–Crippen MR) is 129 cm³/mol. The number of anilines is 2. The normalized spacial score (nSPS) is 11.8. The molecule has 0 bridgehead atoms. The molecule has 0 aliphatic rings. The van der Waals surface area contributed by atoms with Crippen LogP contribution in [0.15, 0.2) is 48.8 Å². The molecule has 160 valence electrons. The van der Waals surface area contributed by atoms with Crippen LogP contribution >= 0.6 is 0 Å². The minimum absolute atomic E-state index is 0.146. The number of aryl methyl sites for hydroxylation is 1. The van der Waals surface area contributed by atoms with Gasteiger partial charge in [-0.2, -0.15) is 0 Å². The summed E-state index contributed by atoms with van der Waals surface area (Å²) in [6.07, 6.45) is 10.5. The molecule has 2 heterocycles. The topological polar surface area (TPSA) is 79.8 Å². The quantitative estimate of drug-likeness (QED) is 0.480. The number of hydrogen-bond donors (Lipinski definition) is 2. The van der Waals surface area contributed by atoms with E-state index in [0.717, 1.165) is 46.4 Å². The maximum Gasteiger partial charge on any atom is 0.221 e. The number of nitrogens with one attached hydrogen (secondary N) is 2. The van der Waals surface area contributed by atoms with E-state index in [2.05, 4.69) is 60.7 Å². The third-order valence-electron chi connectivity index (χ3n) is 4.82. The Bertz CT molecular complexity index is 1160. The van der Waals surface area contributed by atoms with Crippen molar-refractivity contribution in [3.8, 4) is 11.4 Å². The lowest BCUT2D eigenvalue weighted by Crippen LogP contribution is -2.07. The van der Waals surface area contributed by atoms with Crippen molar-refractivity contribution >= 4 is 33.9 Å². The van der Waals surface area contributed by atoms with E-state index >= 15 is 0 Å². The first kappa shape index (κ1) is 22.2. The van der Waals surface area contributed by atoms with E-state index in [4.69, 9.17) is 9.97 Å². The van der Waals surface area contributed by atoms with Crippen LogP contribution in [0.25, 0.3) is 27.9 Å². The average molecular weight is 416 g/mol. The summed E-state index contributed by atoms with van der Waals surface area (Å²) in [5.41, 5.74) is 5.75. The highest BCUT2D eigenvalue weighted by atomic mass is 16.1. The van der Waals surface area contributed by atoms with E-state index in [1.165, 1.54) is 12.5 Å². The molecule has 0 unspecified atom stereocenters. The fourth-order valence-electron chi connectivity index (χ4n) is 3.53. The zero-order chi connectivity index (χ0) is 22.4. The number of pyridine rings is 1. The summed E-state index contributed by atoms with van der Waals surface area (Å²) in [6, 6.07) is 6.12. The minimum Gasteiger partial charge on any atom is -0.370 e. The number of benzene rings is 1. The van der Waals surface area contributed by atoms with Crippen molar-refractivity contribution < 1.29 is 4.79 Å². The Labute approximate surface area is 183 Å². The van der Waals surface area contributed by atoms with Crippen LogP contribution in [0.5, 0.6) is 0 Å². The smallest absolute Gasteiger partial charge is 0.221 e. The highest BCUT2D eigenvalue weighted by Gasteiger charge is 2.16. The molecular formula is C25H29N5O. The Kier molecular flexibility index (Phi) is 7.13. The summed E-state index contributed by atoms with van der Waals surface area (Å²) in [4.78, 5) is 25.4. The zero-order valence-corrected chi connectivity index (χ0v) is 18.8. The second-order valence-electron chi connectivity index (χ2n) is 7.35. The van der Waals surface area contributed by atoms with Crippen molar-refractivity contribution in [1.29, 1.82) is 0 Å². The highest BCUT2D eigenvalue weighted by molar-refractivity contribution is 6.00. The average Bonchev–Trinajstić information content (AvgIpc) is 2.73. The van der Waals surface area contributed by atoms with Gasteiger partial charge in [-0.15, -0.1) is 0 Å². The summed E-state index contributed by atoms with van der Waals surface area (Å²) >= 11 is 0. The largest absolute Gasteiger partial charge is 0.370 e. The van der Waals surface area contributed by atoms with Crippen molar-refractivity contribution in [2.45, 2.75) is 41.0 Å². The Morgan fingerprint density at radius 1 is 1.13 bits per heavy atom. The van der Waals surface area contributed by atoms with E-state index in [9.17, 15) is 4.79 Å². The Morgan fingerprint density at radius 2 is 1.94 bits per heavy atom. The van der Waals surface area contributed by atoms with Gasteiger partial charge in [-0.1, -0.05) is 31.2 Å². The Morgan fingerprint density at radius 3 is 2.61 bits per heavy atom. The lowest BCUT2D eigenvalue weighted by Gasteiger charge is -2.16. The van der Waals surface area contributed by atoms with E-state index in [-0.39, 0.29) is 5.91 Å². The van der Waals surface area contributed by atoms with E-state index in [0.29, 0.717) is 11.5 Å². The van der Waals surface area contributed by atoms with Gasteiger partial charge in [0.25, 0.3) is 0 Å². The van der Waals surface area contributed by atoms with Crippen molar-refractivity contribution in [1.82, 2.24) is 15.0 Å². The minimum atomic E-state index is -0.146. The van der Waals surface area contributed by atoms with Crippen LogP contribution in [0.4, 0.5) is 11.5 Å². The molecule has 2 aromatic heterocycles. The molecule has 0 saturated heterocycles. The number of hydrogen-bond acceptors (Lipinski definition) is 5. The molecule has 1 aromatic carbocycles. The van der Waals surface area contributed by atoms with Crippen LogP contribution in [0.2, 0.25) is 0 Å². The maximum absolute atomic E-state index is 11.4. The van der Waals surface area contributed by atoms with Crippen molar-refractivity contribution in [3.05, 3.63) is 59.9 Å². The van der Waals surface area contributed by atoms with Crippen LogP contribution in [0.3, 0.4) is 0 Å². The van der Waals surface area contributed by atoms with Crippen LogP contribution in [0.1, 0.15) is 45.2 Å². The number of rotatable bonds is 7. The fourth-order valence-corrected chi connectivity index (χ4v) is 3.53. The highest BCUT2D eigenvalue weighted by Crippen LogP contribution is 2.34. The van der Waals surface area contributed by atoms with Gasteiger partial charge in [0.1, 0.15) is 5.82 Å². The first-order valence-electron chi connectivity index (χ1n) is 10.6. The van der Waals surface area contributed by atoms with Crippen molar-refractivity contribution in [2.75, 3.05) is 17.2 Å². The summed E-state index contributed by atoms with van der Waals surface area (Å²) in [5.74, 6) is 1.21. The molecule has 2 N–H and O–H groups in total. The molecule has 6 heteroatoms. The molecule has 0 aliphatic carbocycles. The zero-order valence-electron chi connectivity index (χ0n) is 18.8. The lowest BCUT2D eigenvalue weighted by molar-refractivity contribution is -0.114. The number of aromatic nitrogens is 3. The molecule has 0 radical (unpaired) electrons. The van der Waals surface area contributed by atoms with Crippen molar-refractivity contribution in [2.24, 2.45) is 0 Å². The third kappa shape index (κ3) is 5.15. The summed E-state index contributed by atoms with van der Waals surface area (Å²) in [7, 11) is 0. The van der Waals surface area contributed by atoms with Gasteiger partial charge < -0.3 is 10.6 Å². The third-order valence-corrected chi connectivity index (χ3v) is 4.82. The summed E-state index contributed by atoms with van der Waals surface area (Å²) in [6.45, 7) is 10.5. The van der Waals surface area contributed by atoms with E-state index in [1.54, 1.807) is 12.4 Å². The molecule has 1 amide bonds. The van der Waals surface area contributed by atoms with Gasteiger partial charge in [0.2, 0.25) is 5.91 Å². The predicted octanol–water partition coefficient (Wildman–Crippen LogP) is 5.76. The summed E-state index contributed by atoms with van der Waals surface area (Å²) in [5, 5.41) is 7.20. The van der Waals surface area contributed by atoms with Gasteiger partial charge in [0, 0.05) is 25.2 Å². The fraction of sp³-hybridized carbons (Fsp3) is 0.280. The SMILES string of the molecule is C/C=C\C=C(/CC)c1cc(C)cc2nc(-c3cncc(NC(C)=O)c3)nc(NCC)c12. The number of nitrogens with zero attached hydrogens (tertiary/aromatic N) is 3. The number of carbonyl (C=O) groups excluding carboxylic acids is 1. The second-order valence-corrected chi connectivity index (χ2v) is 7.35. The van der Waals surface area contributed by atoms with Crippen LogP contribution in [-0.4, -0.2) is 27.4 Å². The number of amides is 1. The van der Waals surface area contributed by atoms with Gasteiger partial charge in [0.15, 0.2) is 5.82 Å². The molecular weight excluding hydrogens is 386 g/mol. The first-order chi connectivity index (χ1) is 15.0. The van der Waals surface area contributed by atoms with Crippen LogP contribution < -0.4 is 10.6 Å². The van der Waals surface area contributed by atoms with Gasteiger partial charge in [-0.3, -0.25) is 9.78 Å². The van der Waals surface area contributed by atoms with Crippen molar-refractivity contribution in [3.63, 3.8) is 0 Å². The molecule has 31 heavy (non-hydrogen) atoms. The second kappa shape index (κ2) is 9.98. The molecule has 0 atom stereocenters. The number of allylic oxidation sites excluding steroid dienone is 4. The maximum atomic E-state index is 11.4. The molecule has 0 fully saturated rings. The molecule has 0 saturated carbocycles. The molecule has 6 nitrogen and oxygen atoms in total. The first-order valence-corrected chi connectivity index (χ1v) is 10.6. The standard InChI is InChI=1S/C25H29N5O/c1-6-9-10-18(7-2)21-11-16(4)12-22-23(21)25(27-8-3)30-24(29-22)19-13-20(15-26-14-19)28-17(5)31/h6,9-15H,7-8H2,1-5H3,(H,28,31)(H,27,29,30)/b9-6-,18-10+. The van der Waals surface area contributed by atoms with Gasteiger partial charge in [0.05, 0.1) is 22.8 Å². The van der Waals surface area contributed by atoms with Crippen LogP contribution in [0, 0.1) is 6.92 Å². The number of fused-ring (bicyclic) bond motifs is 1. The lowest BCUT2D eigenvalue weighted by atomic mass is 9.96. The van der Waals surface area contributed by atoms with Gasteiger partial charge in [-0.25, -0.2) is 9.97 Å². The molecule has 0 spiro atoms.